The van der Waals surface area contributed by atoms with E-state index >= 15 is 0 Å². The van der Waals surface area contributed by atoms with Crippen molar-refractivity contribution in [1.82, 2.24) is 9.62 Å². The monoisotopic (exact) mass is 401 g/mol. The number of benzene rings is 1. The molecule has 0 bridgehead atoms. The molecular formula is C17H27N3O6S. The predicted molar refractivity (Wildman–Crippen MR) is 101 cm³/mol. The van der Waals surface area contributed by atoms with Crippen LogP contribution in [0.5, 0.6) is 5.75 Å². The lowest BCUT2D eigenvalue weighted by atomic mass is 10.1. The van der Waals surface area contributed by atoms with E-state index in [1.165, 1.54) is 16.4 Å². The van der Waals surface area contributed by atoms with Gasteiger partial charge in [0.1, 0.15) is 0 Å². The van der Waals surface area contributed by atoms with Gasteiger partial charge in [0.25, 0.3) is 5.91 Å². The molecule has 0 saturated carbocycles. The molecule has 10 heteroatoms. The number of sulfonamides is 1. The largest absolute Gasteiger partial charge is 0.477 e. The van der Waals surface area contributed by atoms with E-state index in [4.69, 9.17) is 4.74 Å². The summed E-state index contributed by atoms with van der Waals surface area (Å²) in [6.45, 7) is 9.21. The van der Waals surface area contributed by atoms with Gasteiger partial charge in [-0.2, -0.15) is 4.31 Å². The number of nitrogens with one attached hydrogen (secondary N) is 1. The standard InChI is InChI=1S/C17H27N3O6S/c1-6-19(7-2)27(24,25)14-8-9-16(15(10-14)20(22)23)26-11-17(21)18-13(5)12(3)4/h8-10,12-13H,6-7,11H2,1-5H3,(H,18,21)/t13-/m1/s1. The number of nitrogens with zero attached hydrogens (tertiary/aromatic N) is 2. The zero-order chi connectivity index (χ0) is 20.8. The highest BCUT2D eigenvalue weighted by Gasteiger charge is 2.26. The molecule has 9 nitrogen and oxygen atoms in total. The zero-order valence-corrected chi connectivity index (χ0v) is 17.1. The fraction of sp³-hybridized carbons (Fsp3) is 0.588. The first-order valence-electron chi connectivity index (χ1n) is 8.75. The van der Waals surface area contributed by atoms with Crippen LogP contribution in [0.1, 0.15) is 34.6 Å². The lowest BCUT2D eigenvalue weighted by Gasteiger charge is -2.19. The topological polar surface area (TPSA) is 119 Å². The molecule has 0 heterocycles. The second-order valence-corrected chi connectivity index (χ2v) is 8.30. The summed E-state index contributed by atoms with van der Waals surface area (Å²) in [4.78, 5) is 22.3. The molecule has 1 amide bonds. The molecule has 0 aliphatic heterocycles. The van der Waals surface area contributed by atoms with Crippen LogP contribution in [0.2, 0.25) is 0 Å². The van der Waals surface area contributed by atoms with Crippen LogP contribution >= 0.6 is 0 Å². The number of ether oxygens (including phenoxy) is 1. The number of carbonyl (C=O) groups excluding carboxylic acids is 1. The Labute approximate surface area is 159 Å². The predicted octanol–water partition coefficient (Wildman–Crippen LogP) is 2.16. The van der Waals surface area contributed by atoms with Crippen molar-refractivity contribution in [2.75, 3.05) is 19.7 Å². The summed E-state index contributed by atoms with van der Waals surface area (Å²) in [5.74, 6) is -0.343. The van der Waals surface area contributed by atoms with E-state index in [9.17, 15) is 23.3 Å². The minimum atomic E-state index is -3.84. The van der Waals surface area contributed by atoms with Crippen molar-refractivity contribution >= 4 is 21.6 Å². The van der Waals surface area contributed by atoms with Gasteiger partial charge < -0.3 is 10.1 Å². The Morgan fingerprint density at radius 1 is 1.26 bits per heavy atom. The minimum Gasteiger partial charge on any atom is -0.477 e. The molecule has 1 rings (SSSR count). The first kappa shape index (κ1) is 22.8. The molecule has 0 spiro atoms. The van der Waals surface area contributed by atoms with Crippen molar-refractivity contribution in [3.05, 3.63) is 28.3 Å². The molecule has 1 atom stereocenters. The van der Waals surface area contributed by atoms with Crippen LogP contribution in [0.15, 0.2) is 23.1 Å². The Balaban J connectivity index is 3.04. The molecule has 0 radical (unpaired) electrons. The number of hydrogen-bond donors (Lipinski definition) is 1. The molecular weight excluding hydrogens is 374 g/mol. The molecule has 1 N–H and O–H groups in total. The number of hydrogen-bond acceptors (Lipinski definition) is 6. The van der Waals surface area contributed by atoms with Gasteiger partial charge in [-0.15, -0.1) is 0 Å². The highest BCUT2D eigenvalue weighted by molar-refractivity contribution is 7.89. The quantitative estimate of drug-likeness (QED) is 0.474. The van der Waals surface area contributed by atoms with Gasteiger partial charge in [0.05, 0.1) is 9.82 Å². The smallest absolute Gasteiger partial charge is 0.312 e. The summed E-state index contributed by atoms with van der Waals surface area (Å²) >= 11 is 0. The summed E-state index contributed by atoms with van der Waals surface area (Å²) in [7, 11) is -3.84. The van der Waals surface area contributed by atoms with E-state index in [-0.39, 0.29) is 35.7 Å². The fourth-order valence-corrected chi connectivity index (χ4v) is 3.72. The van der Waals surface area contributed by atoms with Gasteiger partial charge in [0, 0.05) is 25.2 Å². The molecule has 0 aromatic heterocycles. The van der Waals surface area contributed by atoms with Crippen molar-refractivity contribution in [3.63, 3.8) is 0 Å². The van der Waals surface area contributed by atoms with Crippen molar-refractivity contribution in [3.8, 4) is 5.75 Å². The van der Waals surface area contributed by atoms with Gasteiger partial charge in [-0.1, -0.05) is 27.7 Å². The third-order valence-electron chi connectivity index (χ3n) is 4.22. The van der Waals surface area contributed by atoms with Gasteiger partial charge >= 0.3 is 5.69 Å². The minimum absolute atomic E-state index is 0.0716. The van der Waals surface area contributed by atoms with Crippen LogP contribution < -0.4 is 10.1 Å². The molecule has 152 valence electrons. The SMILES string of the molecule is CCN(CC)S(=O)(=O)c1ccc(OCC(=O)N[C@H](C)C(C)C)c([N+](=O)[O-])c1. The average Bonchev–Trinajstić information content (AvgIpc) is 2.60. The summed E-state index contributed by atoms with van der Waals surface area (Å²) in [6, 6.07) is 3.33. The molecule has 0 unspecified atom stereocenters. The van der Waals surface area contributed by atoms with Crippen LogP contribution in [-0.4, -0.2) is 49.3 Å². The van der Waals surface area contributed by atoms with E-state index in [1.54, 1.807) is 13.8 Å². The van der Waals surface area contributed by atoms with Crippen molar-refractivity contribution in [2.24, 2.45) is 5.92 Å². The van der Waals surface area contributed by atoms with Crippen LogP contribution in [0.25, 0.3) is 0 Å². The zero-order valence-electron chi connectivity index (χ0n) is 16.3. The molecule has 27 heavy (non-hydrogen) atoms. The maximum absolute atomic E-state index is 12.5. The van der Waals surface area contributed by atoms with E-state index < -0.39 is 33.1 Å². The molecule has 0 aliphatic carbocycles. The van der Waals surface area contributed by atoms with Gasteiger partial charge in [0.2, 0.25) is 10.0 Å². The van der Waals surface area contributed by atoms with Gasteiger partial charge in [-0.3, -0.25) is 14.9 Å². The van der Waals surface area contributed by atoms with Gasteiger partial charge in [-0.25, -0.2) is 8.42 Å². The number of carbonyl (C=O) groups is 1. The molecule has 0 aliphatic rings. The Kier molecular flexibility index (Phi) is 8.17. The number of amides is 1. The van der Waals surface area contributed by atoms with E-state index in [0.717, 1.165) is 6.07 Å². The second-order valence-electron chi connectivity index (χ2n) is 6.36. The maximum atomic E-state index is 12.5. The number of nitro benzene ring substituents is 1. The Hall–Kier alpha value is -2.20. The van der Waals surface area contributed by atoms with Gasteiger partial charge in [0.15, 0.2) is 12.4 Å². The van der Waals surface area contributed by atoms with Crippen LogP contribution in [-0.2, 0) is 14.8 Å². The van der Waals surface area contributed by atoms with E-state index in [2.05, 4.69) is 5.32 Å². The molecule has 1 aromatic carbocycles. The normalized spacial score (nSPS) is 12.9. The van der Waals surface area contributed by atoms with Crippen molar-refractivity contribution < 1.29 is 22.9 Å². The average molecular weight is 401 g/mol. The van der Waals surface area contributed by atoms with Crippen molar-refractivity contribution in [2.45, 2.75) is 45.6 Å². The van der Waals surface area contributed by atoms with E-state index in [1.807, 2.05) is 20.8 Å². The van der Waals surface area contributed by atoms with Crippen molar-refractivity contribution in [1.29, 1.82) is 0 Å². The highest BCUT2D eigenvalue weighted by atomic mass is 32.2. The number of nitro groups is 1. The Bertz CT molecular complexity index is 775. The molecule has 0 fully saturated rings. The maximum Gasteiger partial charge on any atom is 0.312 e. The summed E-state index contributed by atoms with van der Waals surface area (Å²) in [5.41, 5.74) is -0.507. The third kappa shape index (κ3) is 5.90. The summed E-state index contributed by atoms with van der Waals surface area (Å²) in [6.07, 6.45) is 0. The first-order valence-corrected chi connectivity index (χ1v) is 10.2. The molecule has 1 aromatic rings. The molecule has 0 saturated heterocycles. The summed E-state index contributed by atoms with van der Waals surface area (Å²) < 4.78 is 31.5. The second kappa shape index (κ2) is 9.65. The van der Waals surface area contributed by atoms with Crippen LogP contribution in [0.3, 0.4) is 0 Å². The first-order chi connectivity index (χ1) is 12.5. The lowest BCUT2D eigenvalue weighted by molar-refractivity contribution is -0.386. The van der Waals surface area contributed by atoms with Crippen LogP contribution in [0.4, 0.5) is 5.69 Å². The lowest BCUT2D eigenvalue weighted by Crippen LogP contribution is -2.39. The van der Waals surface area contributed by atoms with Crippen LogP contribution in [0, 0.1) is 16.0 Å². The fourth-order valence-electron chi connectivity index (χ4n) is 2.24. The van der Waals surface area contributed by atoms with E-state index in [0.29, 0.717) is 0 Å². The Morgan fingerprint density at radius 2 is 1.85 bits per heavy atom. The third-order valence-corrected chi connectivity index (χ3v) is 6.26. The van der Waals surface area contributed by atoms with Gasteiger partial charge in [-0.05, 0) is 25.0 Å². The Morgan fingerprint density at radius 3 is 2.33 bits per heavy atom. The highest BCUT2D eigenvalue weighted by Crippen LogP contribution is 2.30. The number of rotatable bonds is 10. The summed E-state index contributed by atoms with van der Waals surface area (Å²) in [5, 5.41) is 14.1.